The van der Waals surface area contributed by atoms with Gasteiger partial charge in [0.15, 0.2) is 0 Å². The first-order valence-corrected chi connectivity index (χ1v) is 8.57. The summed E-state index contributed by atoms with van der Waals surface area (Å²) in [5, 5.41) is 14.6. The molecule has 1 aliphatic rings. The third-order valence-corrected chi connectivity index (χ3v) is 5.27. The molecule has 1 aromatic carbocycles. The average molecular weight is 378 g/mol. The van der Waals surface area contributed by atoms with Crippen LogP contribution in [0.5, 0.6) is 0 Å². The van der Waals surface area contributed by atoms with E-state index in [0.29, 0.717) is 4.47 Å². The molecule has 1 aromatic heterocycles. The Bertz CT molecular complexity index is 724. The molecule has 1 N–H and O–H groups in total. The summed E-state index contributed by atoms with van der Waals surface area (Å²) >= 11 is 3.38. The molecule has 0 aliphatic carbocycles. The van der Waals surface area contributed by atoms with E-state index < -0.39 is 6.10 Å². The number of aliphatic hydroxyl groups excluding tert-OH is 1. The molecule has 1 unspecified atom stereocenters. The van der Waals surface area contributed by atoms with Gasteiger partial charge in [-0.2, -0.15) is 5.10 Å². The van der Waals surface area contributed by atoms with Crippen LogP contribution < -0.4 is 10.5 Å². The molecule has 1 fully saturated rings. The molecule has 0 saturated carbocycles. The number of benzene rings is 1. The number of aryl methyl sites for hydroxylation is 1. The van der Waals surface area contributed by atoms with Gasteiger partial charge in [-0.25, -0.2) is 4.68 Å². The lowest BCUT2D eigenvalue weighted by atomic mass is 9.87. The van der Waals surface area contributed by atoms with Crippen molar-refractivity contribution in [3.8, 4) is 0 Å². The molecule has 2 heterocycles. The van der Waals surface area contributed by atoms with Crippen LogP contribution in [0, 0.1) is 5.92 Å². The van der Waals surface area contributed by atoms with Crippen molar-refractivity contribution in [2.75, 3.05) is 18.0 Å². The van der Waals surface area contributed by atoms with Gasteiger partial charge in [0.2, 0.25) is 0 Å². The summed E-state index contributed by atoms with van der Waals surface area (Å²) < 4.78 is 1.87. The lowest BCUT2D eigenvalue weighted by molar-refractivity contribution is 0.0929. The maximum absolute atomic E-state index is 12.0. The van der Waals surface area contributed by atoms with E-state index in [1.165, 1.54) is 4.68 Å². The highest BCUT2D eigenvalue weighted by atomic mass is 79.9. The highest BCUT2D eigenvalue weighted by Gasteiger charge is 2.27. The van der Waals surface area contributed by atoms with Gasteiger partial charge >= 0.3 is 0 Å². The van der Waals surface area contributed by atoms with E-state index in [4.69, 9.17) is 0 Å². The quantitative estimate of drug-likeness (QED) is 0.892. The number of aliphatic hydroxyl groups is 1. The number of aromatic nitrogens is 2. The number of piperidine rings is 1. The second-order valence-electron chi connectivity index (χ2n) is 5.95. The summed E-state index contributed by atoms with van der Waals surface area (Å²) in [7, 11) is 1.64. The Morgan fingerprint density at radius 2 is 1.91 bits per heavy atom. The molecular weight excluding hydrogens is 358 g/mol. The van der Waals surface area contributed by atoms with Gasteiger partial charge in [0, 0.05) is 20.1 Å². The van der Waals surface area contributed by atoms with Crippen LogP contribution in [0.4, 0.5) is 5.69 Å². The van der Waals surface area contributed by atoms with Gasteiger partial charge in [-0.05, 0) is 40.3 Å². The molecule has 3 rings (SSSR count). The maximum Gasteiger partial charge on any atom is 0.282 e. The van der Waals surface area contributed by atoms with E-state index in [-0.39, 0.29) is 11.5 Å². The monoisotopic (exact) mass is 377 g/mol. The van der Waals surface area contributed by atoms with Crippen LogP contribution in [0.3, 0.4) is 0 Å². The molecule has 0 radical (unpaired) electrons. The molecule has 6 heteroatoms. The molecule has 5 nitrogen and oxygen atoms in total. The molecule has 1 saturated heterocycles. The van der Waals surface area contributed by atoms with Gasteiger partial charge in [0.25, 0.3) is 5.56 Å². The minimum Gasteiger partial charge on any atom is -0.388 e. The van der Waals surface area contributed by atoms with Crippen molar-refractivity contribution in [1.82, 2.24) is 9.78 Å². The van der Waals surface area contributed by atoms with Crippen molar-refractivity contribution < 1.29 is 5.11 Å². The van der Waals surface area contributed by atoms with Crippen molar-refractivity contribution >= 4 is 21.6 Å². The third-order valence-electron chi connectivity index (χ3n) is 4.53. The highest BCUT2D eigenvalue weighted by Crippen LogP contribution is 2.33. The topological polar surface area (TPSA) is 58.4 Å². The van der Waals surface area contributed by atoms with Gasteiger partial charge in [0.1, 0.15) is 4.47 Å². The predicted octanol–water partition coefficient (Wildman–Crippen LogP) is 2.49. The van der Waals surface area contributed by atoms with Gasteiger partial charge in [-0.3, -0.25) is 4.79 Å². The molecule has 1 aliphatic heterocycles. The van der Waals surface area contributed by atoms with Gasteiger partial charge in [-0.15, -0.1) is 0 Å². The predicted molar refractivity (Wildman–Crippen MR) is 93.5 cm³/mol. The zero-order valence-electron chi connectivity index (χ0n) is 13.0. The number of hydrogen-bond donors (Lipinski definition) is 1. The minimum atomic E-state index is -0.427. The standard InChI is InChI=1S/C17H20BrN3O2/c1-20-17(23)15(18)14(11-19-20)21-9-7-13(8-10-21)16(22)12-5-3-2-4-6-12/h2-6,11,13,16,22H,7-10H2,1H3. The van der Waals surface area contributed by atoms with Gasteiger partial charge < -0.3 is 10.0 Å². The first-order chi connectivity index (χ1) is 11.1. The fourth-order valence-electron chi connectivity index (χ4n) is 3.10. The summed E-state index contributed by atoms with van der Waals surface area (Å²) in [5.74, 6) is 0.243. The van der Waals surface area contributed by atoms with Crippen molar-refractivity contribution in [3.05, 3.63) is 56.9 Å². The van der Waals surface area contributed by atoms with Crippen molar-refractivity contribution in [3.63, 3.8) is 0 Å². The van der Waals surface area contributed by atoms with E-state index >= 15 is 0 Å². The Hall–Kier alpha value is -1.66. The van der Waals surface area contributed by atoms with Crippen LogP contribution in [0.25, 0.3) is 0 Å². The maximum atomic E-state index is 12.0. The summed E-state index contributed by atoms with van der Waals surface area (Å²) in [6, 6.07) is 9.81. The average Bonchev–Trinajstić information content (AvgIpc) is 2.60. The number of nitrogens with zero attached hydrogens (tertiary/aromatic N) is 3. The number of hydrogen-bond acceptors (Lipinski definition) is 4. The van der Waals surface area contributed by atoms with E-state index in [1.54, 1.807) is 13.2 Å². The van der Waals surface area contributed by atoms with Crippen molar-refractivity contribution in [2.24, 2.45) is 13.0 Å². The number of anilines is 1. The molecule has 0 amide bonds. The van der Waals surface area contributed by atoms with Crippen LogP contribution in [0.1, 0.15) is 24.5 Å². The number of halogens is 1. The van der Waals surface area contributed by atoms with Crippen LogP contribution in [-0.2, 0) is 7.05 Å². The molecule has 122 valence electrons. The van der Waals surface area contributed by atoms with E-state index in [1.807, 2.05) is 30.3 Å². The Morgan fingerprint density at radius 1 is 1.26 bits per heavy atom. The Labute approximate surface area is 143 Å². The highest BCUT2D eigenvalue weighted by molar-refractivity contribution is 9.10. The largest absolute Gasteiger partial charge is 0.388 e. The van der Waals surface area contributed by atoms with Crippen LogP contribution in [-0.4, -0.2) is 28.0 Å². The second-order valence-corrected chi connectivity index (χ2v) is 6.75. The summed E-state index contributed by atoms with van der Waals surface area (Å²) in [5.41, 5.74) is 1.68. The third kappa shape index (κ3) is 3.33. The lowest BCUT2D eigenvalue weighted by Gasteiger charge is -2.35. The fraction of sp³-hybridized carbons (Fsp3) is 0.412. The summed E-state index contributed by atoms with van der Waals surface area (Å²) in [6.07, 6.45) is 3.07. The normalized spacial score (nSPS) is 17.3. The second kappa shape index (κ2) is 6.84. The molecule has 2 aromatic rings. The Morgan fingerprint density at radius 3 is 2.57 bits per heavy atom. The Balaban J connectivity index is 1.69. The number of rotatable bonds is 3. The van der Waals surface area contributed by atoms with Crippen molar-refractivity contribution in [1.29, 1.82) is 0 Å². The van der Waals surface area contributed by atoms with E-state index in [0.717, 1.165) is 37.2 Å². The molecule has 23 heavy (non-hydrogen) atoms. The lowest BCUT2D eigenvalue weighted by Crippen LogP contribution is -2.37. The first-order valence-electron chi connectivity index (χ1n) is 7.77. The summed E-state index contributed by atoms with van der Waals surface area (Å²) in [4.78, 5) is 14.1. The zero-order chi connectivity index (χ0) is 16.4. The van der Waals surface area contributed by atoms with Gasteiger partial charge in [-0.1, -0.05) is 30.3 Å². The van der Waals surface area contributed by atoms with E-state index in [9.17, 15) is 9.90 Å². The van der Waals surface area contributed by atoms with Crippen LogP contribution >= 0.6 is 15.9 Å². The molecular formula is C17H20BrN3O2. The molecule has 1 atom stereocenters. The molecule has 0 bridgehead atoms. The van der Waals surface area contributed by atoms with Gasteiger partial charge in [0.05, 0.1) is 18.0 Å². The fourth-order valence-corrected chi connectivity index (χ4v) is 3.71. The minimum absolute atomic E-state index is 0.131. The first kappa shape index (κ1) is 16.2. The summed E-state index contributed by atoms with van der Waals surface area (Å²) in [6.45, 7) is 1.62. The van der Waals surface area contributed by atoms with Crippen LogP contribution in [0.2, 0.25) is 0 Å². The van der Waals surface area contributed by atoms with Crippen LogP contribution in [0.15, 0.2) is 45.8 Å². The Kier molecular flexibility index (Phi) is 4.82. The SMILES string of the molecule is Cn1ncc(N2CCC(C(O)c3ccccc3)CC2)c(Br)c1=O. The smallest absolute Gasteiger partial charge is 0.282 e. The van der Waals surface area contributed by atoms with Crippen molar-refractivity contribution in [2.45, 2.75) is 18.9 Å². The molecule has 0 spiro atoms. The van der Waals surface area contributed by atoms with E-state index in [2.05, 4.69) is 25.9 Å². The zero-order valence-corrected chi connectivity index (χ0v) is 14.6.